The molecule has 0 aromatic rings. The van der Waals surface area contributed by atoms with E-state index in [1.165, 1.54) is 0 Å². The molecule has 60 valence electrons. The molecule has 0 saturated heterocycles. The summed E-state index contributed by atoms with van der Waals surface area (Å²) in [5.74, 6) is 0. The Balaban J connectivity index is 3.92. The normalized spacial score (nSPS) is 12.8. The molecule has 10 heavy (non-hydrogen) atoms. The van der Waals surface area contributed by atoms with Gasteiger partial charge in [-0.05, 0) is 12.1 Å². The van der Waals surface area contributed by atoms with Crippen LogP contribution in [0, 0.1) is 0 Å². The second-order valence-corrected chi connectivity index (χ2v) is 8.40. The highest BCUT2D eigenvalue weighted by molar-refractivity contribution is 7.23. The number of hydrogen-bond acceptors (Lipinski definition) is 1. The minimum absolute atomic E-state index is 0.113. The van der Waals surface area contributed by atoms with Gasteiger partial charge in [0.15, 0.2) is 7.38 Å². The predicted molar refractivity (Wildman–Crippen MR) is 48.8 cm³/mol. The lowest BCUT2D eigenvalue weighted by Gasteiger charge is -2.14. The molecule has 0 bridgehead atoms. The molecule has 0 rings (SSSR count). The van der Waals surface area contributed by atoms with Crippen molar-refractivity contribution in [1.29, 1.82) is 0 Å². The van der Waals surface area contributed by atoms with Gasteiger partial charge in [-0.3, -0.25) is 0 Å². The second-order valence-electron chi connectivity index (χ2n) is 2.33. The molecule has 0 radical (unpaired) electrons. The van der Waals surface area contributed by atoms with Gasteiger partial charge < -0.3 is 5.11 Å². The van der Waals surface area contributed by atoms with Crippen molar-refractivity contribution in [2.45, 2.75) is 25.9 Å². The van der Waals surface area contributed by atoms with E-state index in [4.69, 9.17) is 16.2 Å². The molecule has 0 unspecified atom stereocenters. The Morgan fingerprint density at radius 2 is 1.90 bits per heavy atom. The molecule has 0 heterocycles. The average Bonchev–Trinajstić information content (AvgIpc) is 2.00. The maximum Gasteiger partial charge on any atom is 0.179 e. The zero-order chi connectivity index (χ0) is 8.04. The molecule has 0 fully saturated rings. The van der Waals surface area contributed by atoms with Crippen LogP contribution in [0.4, 0.5) is 0 Å². The predicted octanol–water partition coefficient (Wildman–Crippen LogP) is 2.30. The van der Waals surface area contributed by atoms with Crippen molar-refractivity contribution in [1.82, 2.24) is 0 Å². The van der Waals surface area contributed by atoms with E-state index in [9.17, 15) is 0 Å². The number of rotatable bonds is 4. The summed E-state index contributed by atoms with van der Waals surface area (Å²) in [6.07, 6.45) is 1.76. The summed E-state index contributed by atoms with van der Waals surface area (Å²) in [5.41, 5.74) is 2.01. The molecule has 1 N–H and O–H groups in total. The third-order valence-corrected chi connectivity index (χ3v) is 6.86. The Hall–Kier alpha value is 0.207. The fourth-order valence-corrected chi connectivity index (χ4v) is 2.52. The van der Waals surface area contributed by atoms with Crippen LogP contribution in [0.1, 0.15) is 13.8 Å². The molecular weight excluding hydrogens is 164 g/mol. The highest BCUT2D eigenvalue weighted by Gasteiger charge is 2.21. The van der Waals surface area contributed by atoms with Crippen LogP contribution in [0.2, 0.25) is 12.1 Å². The summed E-state index contributed by atoms with van der Waals surface area (Å²) < 4.78 is 0. The van der Waals surface area contributed by atoms with Crippen LogP contribution < -0.4 is 0 Å². The van der Waals surface area contributed by atoms with Gasteiger partial charge in [0.25, 0.3) is 0 Å². The van der Waals surface area contributed by atoms with Crippen LogP contribution in [0.5, 0.6) is 0 Å². The highest BCUT2D eigenvalue weighted by Crippen LogP contribution is 2.20. The SMILES string of the molecule is CC[Si](Cl)(C=CCO)CC. The highest BCUT2D eigenvalue weighted by atomic mass is 35.6. The summed E-state index contributed by atoms with van der Waals surface area (Å²) >= 11 is 6.23. The lowest BCUT2D eigenvalue weighted by molar-refractivity contribution is 0.343. The molecule has 0 spiro atoms. The van der Waals surface area contributed by atoms with E-state index in [0.29, 0.717) is 0 Å². The van der Waals surface area contributed by atoms with Gasteiger partial charge in [-0.25, -0.2) is 0 Å². The van der Waals surface area contributed by atoms with Crippen molar-refractivity contribution in [3.63, 3.8) is 0 Å². The van der Waals surface area contributed by atoms with Gasteiger partial charge in [-0.1, -0.05) is 25.6 Å². The van der Waals surface area contributed by atoms with E-state index in [1.54, 1.807) is 6.08 Å². The third kappa shape index (κ3) is 3.39. The van der Waals surface area contributed by atoms with Gasteiger partial charge in [0, 0.05) is 0 Å². The van der Waals surface area contributed by atoms with Gasteiger partial charge in [0.2, 0.25) is 0 Å². The van der Waals surface area contributed by atoms with Crippen LogP contribution in [0.3, 0.4) is 0 Å². The Labute approximate surface area is 68.4 Å². The Bertz CT molecular complexity index is 110. The minimum Gasteiger partial charge on any atom is -0.392 e. The van der Waals surface area contributed by atoms with Crippen LogP contribution in [0.25, 0.3) is 0 Å². The molecule has 3 heteroatoms. The average molecular weight is 179 g/mol. The molecule has 0 atom stereocenters. The van der Waals surface area contributed by atoms with Crippen molar-refractivity contribution >= 4 is 18.5 Å². The molecule has 1 nitrogen and oxygen atoms in total. The summed E-state index contributed by atoms with van der Waals surface area (Å²) in [4.78, 5) is 0. The summed E-state index contributed by atoms with van der Waals surface area (Å²) in [6.45, 7) is 4.32. The summed E-state index contributed by atoms with van der Waals surface area (Å²) in [5, 5.41) is 8.50. The van der Waals surface area contributed by atoms with E-state index in [2.05, 4.69) is 13.8 Å². The standard InChI is InChI=1S/C7H15ClOSi/c1-3-10(8,4-2)7-5-6-9/h5,7,9H,3-4,6H2,1-2H3. The van der Waals surface area contributed by atoms with Gasteiger partial charge in [-0.2, -0.15) is 11.1 Å². The molecule has 0 aliphatic rings. The molecule has 0 aromatic heterocycles. The largest absolute Gasteiger partial charge is 0.392 e. The van der Waals surface area contributed by atoms with Gasteiger partial charge in [-0.15, -0.1) is 0 Å². The first-order valence-electron chi connectivity index (χ1n) is 3.66. The number of aliphatic hydroxyl groups excluding tert-OH is 1. The Morgan fingerprint density at radius 3 is 2.20 bits per heavy atom. The fourth-order valence-electron chi connectivity index (χ4n) is 0.750. The van der Waals surface area contributed by atoms with E-state index < -0.39 is 7.38 Å². The van der Waals surface area contributed by atoms with E-state index in [0.717, 1.165) is 12.1 Å². The molecule has 0 aliphatic heterocycles. The van der Waals surface area contributed by atoms with E-state index in [-0.39, 0.29) is 6.61 Å². The fraction of sp³-hybridized carbons (Fsp3) is 0.714. The summed E-state index contributed by atoms with van der Waals surface area (Å²) in [7, 11) is -1.59. The topological polar surface area (TPSA) is 20.2 Å². The van der Waals surface area contributed by atoms with Gasteiger partial charge >= 0.3 is 0 Å². The zero-order valence-electron chi connectivity index (χ0n) is 6.60. The lowest BCUT2D eigenvalue weighted by atomic mass is 10.7. The first-order valence-corrected chi connectivity index (χ1v) is 7.16. The Morgan fingerprint density at radius 1 is 1.40 bits per heavy atom. The van der Waals surface area contributed by atoms with Gasteiger partial charge in [0.05, 0.1) is 6.61 Å². The van der Waals surface area contributed by atoms with Crippen LogP contribution in [0.15, 0.2) is 11.8 Å². The molecular formula is C7H15ClOSi. The van der Waals surface area contributed by atoms with Crippen molar-refractivity contribution in [3.05, 3.63) is 11.8 Å². The van der Waals surface area contributed by atoms with Crippen molar-refractivity contribution in [3.8, 4) is 0 Å². The molecule has 0 amide bonds. The van der Waals surface area contributed by atoms with Gasteiger partial charge in [0.1, 0.15) is 0 Å². The smallest absolute Gasteiger partial charge is 0.179 e. The number of hydrogen-bond donors (Lipinski definition) is 1. The second kappa shape index (κ2) is 4.94. The number of halogens is 1. The van der Waals surface area contributed by atoms with Crippen molar-refractivity contribution in [2.75, 3.05) is 6.61 Å². The lowest BCUT2D eigenvalue weighted by Crippen LogP contribution is -2.21. The molecule has 0 saturated carbocycles. The van der Waals surface area contributed by atoms with Crippen LogP contribution in [-0.2, 0) is 0 Å². The monoisotopic (exact) mass is 178 g/mol. The molecule has 0 aromatic carbocycles. The van der Waals surface area contributed by atoms with Crippen LogP contribution >= 0.6 is 11.1 Å². The molecule has 0 aliphatic carbocycles. The Kier molecular flexibility index (Phi) is 5.04. The van der Waals surface area contributed by atoms with Crippen molar-refractivity contribution in [2.24, 2.45) is 0 Å². The maximum atomic E-state index is 8.50. The third-order valence-electron chi connectivity index (χ3n) is 1.70. The maximum absolute atomic E-state index is 8.50. The minimum atomic E-state index is -1.59. The van der Waals surface area contributed by atoms with Crippen molar-refractivity contribution < 1.29 is 5.11 Å². The first kappa shape index (κ1) is 10.2. The van der Waals surface area contributed by atoms with E-state index >= 15 is 0 Å². The summed E-state index contributed by atoms with van der Waals surface area (Å²) in [6, 6.07) is 2.09. The quantitative estimate of drug-likeness (QED) is 0.518. The van der Waals surface area contributed by atoms with Crippen LogP contribution in [-0.4, -0.2) is 19.1 Å². The number of aliphatic hydroxyl groups is 1. The van der Waals surface area contributed by atoms with E-state index in [1.807, 2.05) is 5.70 Å². The zero-order valence-corrected chi connectivity index (χ0v) is 8.36. The first-order chi connectivity index (χ1) is 4.68.